The maximum absolute atomic E-state index is 12.3. The van der Waals surface area contributed by atoms with Crippen LogP contribution in [0, 0.1) is 6.92 Å². The van der Waals surface area contributed by atoms with Crippen molar-refractivity contribution in [3.05, 3.63) is 51.4 Å². The fourth-order valence-corrected chi connectivity index (χ4v) is 4.66. The molecule has 0 saturated carbocycles. The number of carbonyl (C=O) groups is 2. The zero-order valence-electron chi connectivity index (χ0n) is 14.6. The molecule has 3 rings (SSSR count). The molecule has 0 bridgehead atoms. The number of aryl methyl sites for hydroxylation is 2. The van der Waals surface area contributed by atoms with E-state index < -0.39 is 5.91 Å². The molecule has 2 amide bonds. The Kier molecular flexibility index (Phi) is 5.68. The number of benzene rings is 1. The molecule has 136 valence electrons. The molecule has 0 saturated heterocycles. The van der Waals surface area contributed by atoms with Crippen molar-refractivity contribution in [3.8, 4) is 0 Å². The number of primary amides is 1. The molecule has 0 atom stereocenters. The Labute approximate surface area is 162 Å². The zero-order valence-corrected chi connectivity index (χ0v) is 16.2. The number of nitrogens with two attached hydrogens (primary N) is 1. The first-order valence-corrected chi connectivity index (χ1v) is 9.81. The van der Waals surface area contributed by atoms with Gasteiger partial charge >= 0.3 is 0 Å². The highest BCUT2D eigenvalue weighted by atomic mass is 32.1. The number of rotatable bonds is 3. The third-order valence-electron chi connectivity index (χ3n) is 4.44. The molecule has 1 heterocycles. The predicted octanol–water partition coefficient (Wildman–Crippen LogP) is 3.55. The van der Waals surface area contributed by atoms with Crippen LogP contribution in [0.3, 0.4) is 0 Å². The van der Waals surface area contributed by atoms with Crippen LogP contribution >= 0.6 is 23.6 Å². The Balaban J connectivity index is 1.76. The van der Waals surface area contributed by atoms with E-state index in [0.717, 1.165) is 43.2 Å². The monoisotopic (exact) mass is 387 g/mol. The van der Waals surface area contributed by atoms with Crippen LogP contribution in [0.5, 0.6) is 0 Å². The molecular formula is C19H21N3O2S2. The van der Waals surface area contributed by atoms with E-state index in [0.29, 0.717) is 16.1 Å². The summed E-state index contributed by atoms with van der Waals surface area (Å²) in [4.78, 5) is 25.5. The van der Waals surface area contributed by atoms with Crippen LogP contribution in [0.4, 0.5) is 5.00 Å². The van der Waals surface area contributed by atoms with E-state index in [-0.39, 0.29) is 11.0 Å². The SMILES string of the molecule is Cc1ccc(C(=O)NC(=S)Nc2sc3c(c2C(N)=O)CCCCC3)cc1. The van der Waals surface area contributed by atoms with E-state index >= 15 is 0 Å². The highest BCUT2D eigenvalue weighted by Crippen LogP contribution is 2.37. The second-order valence-electron chi connectivity index (χ2n) is 6.41. The minimum absolute atomic E-state index is 0.162. The molecule has 0 radical (unpaired) electrons. The molecule has 0 fully saturated rings. The molecule has 1 aromatic heterocycles. The number of thiophene rings is 1. The van der Waals surface area contributed by atoms with E-state index in [4.69, 9.17) is 18.0 Å². The Hall–Kier alpha value is -2.25. The van der Waals surface area contributed by atoms with Gasteiger partial charge in [-0.3, -0.25) is 14.9 Å². The van der Waals surface area contributed by atoms with Crippen LogP contribution < -0.4 is 16.4 Å². The molecule has 0 spiro atoms. The molecule has 0 unspecified atom stereocenters. The van der Waals surface area contributed by atoms with Crippen LogP contribution in [-0.2, 0) is 12.8 Å². The van der Waals surface area contributed by atoms with Gasteiger partial charge in [0, 0.05) is 10.4 Å². The van der Waals surface area contributed by atoms with E-state index in [2.05, 4.69) is 10.6 Å². The molecule has 26 heavy (non-hydrogen) atoms. The molecule has 1 aromatic carbocycles. The molecule has 7 heteroatoms. The number of nitrogens with one attached hydrogen (secondary N) is 2. The largest absolute Gasteiger partial charge is 0.365 e. The standard InChI is InChI=1S/C19H21N3O2S2/c1-11-7-9-12(10-8-11)17(24)21-19(25)22-18-15(16(20)23)13-5-3-2-4-6-14(13)26-18/h7-10H,2-6H2,1H3,(H2,20,23)(H2,21,22,24,25). The molecule has 5 nitrogen and oxygen atoms in total. The van der Waals surface area contributed by atoms with Gasteiger partial charge in [-0.15, -0.1) is 11.3 Å². The van der Waals surface area contributed by atoms with Crippen LogP contribution in [0.25, 0.3) is 0 Å². The first kappa shape index (κ1) is 18.5. The molecule has 0 aliphatic heterocycles. The minimum atomic E-state index is -0.459. The average molecular weight is 388 g/mol. The normalized spacial score (nSPS) is 13.4. The van der Waals surface area contributed by atoms with Crippen molar-refractivity contribution in [3.63, 3.8) is 0 Å². The molecule has 2 aromatic rings. The minimum Gasteiger partial charge on any atom is -0.365 e. The number of hydrogen-bond donors (Lipinski definition) is 3. The third kappa shape index (κ3) is 4.11. The fraction of sp³-hybridized carbons (Fsp3) is 0.316. The predicted molar refractivity (Wildman–Crippen MR) is 109 cm³/mol. The van der Waals surface area contributed by atoms with Gasteiger partial charge in [0.15, 0.2) is 5.11 Å². The number of fused-ring (bicyclic) bond motifs is 1. The van der Waals surface area contributed by atoms with Gasteiger partial charge in [-0.1, -0.05) is 24.1 Å². The number of anilines is 1. The fourth-order valence-electron chi connectivity index (χ4n) is 3.11. The summed E-state index contributed by atoms with van der Waals surface area (Å²) in [6, 6.07) is 7.23. The van der Waals surface area contributed by atoms with Crippen molar-refractivity contribution in [1.29, 1.82) is 0 Å². The average Bonchev–Trinajstić information content (AvgIpc) is 2.76. The molecule has 1 aliphatic rings. The Morgan fingerprint density at radius 3 is 2.50 bits per heavy atom. The second-order valence-corrected chi connectivity index (χ2v) is 7.92. The van der Waals surface area contributed by atoms with E-state index in [1.807, 2.05) is 19.1 Å². The summed E-state index contributed by atoms with van der Waals surface area (Å²) >= 11 is 6.77. The van der Waals surface area contributed by atoms with Crippen LogP contribution in [0.1, 0.15) is 56.0 Å². The lowest BCUT2D eigenvalue weighted by molar-refractivity contribution is 0.0975. The number of thiocarbonyl (C=S) groups is 1. The lowest BCUT2D eigenvalue weighted by Crippen LogP contribution is -2.34. The number of hydrogen-bond acceptors (Lipinski definition) is 4. The third-order valence-corrected chi connectivity index (χ3v) is 5.85. The first-order chi connectivity index (χ1) is 12.5. The van der Waals surface area contributed by atoms with Gasteiger partial charge < -0.3 is 11.1 Å². The van der Waals surface area contributed by atoms with Crippen molar-refractivity contribution in [2.24, 2.45) is 5.73 Å². The highest BCUT2D eigenvalue weighted by Gasteiger charge is 2.24. The summed E-state index contributed by atoms with van der Waals surface area (Å²) in [6.45, 7) is 1.96. The smallest absolute Gasteiger partial charge is 0.257 e. The number of carbonyl (C=O) groups excluding carboxylic acids is 2. The molecular weight excluding hydrogens is 366 g/mol. The van der Waals surface area contributed by atoms with Crippen molar-refractivity contribution in [2.75, 3.05) is 5.32 Å². The Morgan fingerprint density at radius 2 is 1.81 bits per heavy atom. The Bertz CT molecular complexity index is 856. The van der Waals surface area contributed by atoms with E-state index in [1.54, 1.807) is 12.1 Å². The topological polar surface area (TPSA) is 84.2 Å². The van der Waals surface area contributed by atoms with Crippen LogP contribution in [0.15, 0.2) is 24.3 Å². The summed E-state index contributed by atoms with van der Waals surface area (Å²) < 4.78 is 0. The van der Waals surface area contributed by atoms with Crippen molar-refractivity contribution < 1.29 is 9.59 Å². The van der Waals surface area contributed by atoms with Crippen molar-refractivity contribution >= 4 is 45.5 Å². The lowest BCUT2D eigenvalue weighted by Gasteiger charge is -2.10. The first-order valence-electron chi connectivity index (χ1n) is 8.59. The molecule has 1 aliphatic carbocycles. The molecule has 4 N–H and O–H groups in total. The number of amides is 2. The second kappa shape index (κ2) is 7.97. The summed E-state index contributed by atoms with van der Waals surface area (Å²) in [6.07, 6.45) is 5.13. The summed E-state index contributed by atoms with van der Waals surface area (Å²) in [5, 5.41) is 6.44. The van der Waals surface area contributed by atoms with Crippen LogP contribution in [0.2, 0.25) is 0 Å². The summed E-state index contributed by atoms with van der Waals surface area (Å²) in [5.41, 5.74) is 8.77. The maximum Gasteiger partial charge on any atom is 0.257 e. The maximum atomic E-state index is 12.3. The van der Waals surface area contributed by atoms with Gasteiger partial charge in [0.2, 0.25) is 0 Å². The van der Waals surface area contributed by atoms with Crippen molar-refractivity contribution in [2.45, 2.75) is 39.0 Å². The van der Waals surface area contributed by atoms with E-state index in [9.17, 15) is 9.59 Å². The van der Waals surface area contributed by atoms with Crippen LogP contribution in [-0.4, -0.2) is 16.9 Å². The van der Waals surface area contributed by atoms with E-state index in [1.165, 1.54) is 16.2 Å². The van der Waals surface area contributed by atoms with Gasteiger partial charge in [-0.05, 0) is 62.5 Å². The van der Waals surface area contributed by atoms with Gasteiger partial charge in [0.05, 0.1) is 5.56 Å². The lowest BCUT2D eigenvalue weighted by atomic mass is 10.1. The quantitative estimate of drug-likeness (QED) is 0.555. The zero-order chi connectivity index (χ0) is 18.7. The summed E-state index contributed by atoms with van der Waals surface area (Å²) in [5.74, 6) is -0.749. The van der Waals surface area contributed by atoms with Gasteiger partial charge in [-0.25, -0.2) is 0 Å². The highest BCUT2D eigenvalue weighted by molar-refractivity contribution is 7.80. The summed E-state index contributed by atoms with van der Waals surface area (Å²) in [7, 11) is 0. The van der Waals surface area contributed by atoms with Gasteiger partial charge in [0.25, 0.3) is 11.8 Å². The van der Waals surface area contributed by atoms with Crippen molar-refractivity contribution in [1.82, 2.24) is 5.32 Å². The van der Waals surface area contributed by atoms with Gasteiger partial charge in [0.1, 0.15) is 5.00 Å². The Morgan fingerprint density at radius 1 is 1.12 bits per heavy atom. The van der Waals surface area contributed by atoms with Gasteiger partial charge in [-0.2, -0.15) is 0 Å².